The van der Waals surface area contributed by atoms with Crippen molar-refractivity contribution < 1.29 is 18.0 Å². The minimum absolute atomic E-state index is 0.168. The number of alkyl halides is 3. The molecule has 0 saturated carbocycles. The lowest BCUT2D eigenvalue weighted by Gasteiger charge is -2.32. The Bertz CT molecular complexity index is 230. The summed E-state index contributed by atoms with van der Waals surface area (Å²) in [5.74, 6) is -0.215. The average molecular weight is 224 g/mol. The van der Waals surface area contributed by atoms with E-state index < -0.39 is 18.6 Å². The van der Waals surface area contributed by atoms with Crippen molar-refractivity contribution in [3.8, 4) is 0 Å². The molecule has 6 heteroatoms. The van der Waals surface area contributed by atoms with Crippen molar-refractivity contribution in [2.24, 2.45) is 0 Å². The lowest BCUT2D eigenvalue weighted by molar-refractivity contribution is -0.144. The number of hydrogen-bond donors (Lipinski definition) is 1. The third kappa shape index (κ3) is 3.70. The highest BCUT2D eigenvalue weighted by Gasteiger charge is 2.33. The molecule has 1 rings (SSSR count). The minimum atomic E-state index is -4.18. The molecule has 1 aliphatic heterocycles. The first-order valence-corrected chi connectivity index (χ1v) is 5.03. The van der Waals surface area contributed by atoms with Crippen LogP contribution in [0.2, 0.25) is 0 Å². The number of piperazine rings is 1. The fourth-order valence-electron chi connectivity index (χ4n) is 1.64. The first kappa shape index (κ1) is 12.3. The van der Waals surface area contributed by atoms with Gasteiger partial charge in [-0.1, -0.05) is 0 Å². The van der Waals surface area contributed by atoms with E-state index in [1.807, 2.05) is 6.92 Å². The lowest BCUT2D eigenvalue weighted by atomic mass is 10.1. The predicted octanol–water partition coefficient (Wildman–Crippen LogP) is 1.15. The monoisotopic (exact) mass is 224 g/mol. The standard InChI is InChI=1S/C9H15F3N2O/c1-2-14-6-5-13-7(8(14)15)3-4-9(10,11)12/h7,13H,2-6H2,1H3. The Hall–Kier alpha value is -0.780. The van der Waals surface area contributed by atoms with Crippen molar-refractivity contribution in [1.82, 2.24) is 10.2 Å². The molecule has 3 nitrogen and oxygen atoms in total. The smallest absolute Gasteiger partial charge is 0.340 e. The molecular weight excluding hydrogens is 209 g/mol. The van der Waals surface area contributed by atoms with Gasteiger partial charge in [0.2, 0.25) is 5.91 Å². The summed E-state index contributed by atoms with van der Waals surface area (Å²) in [5, 5.41) is 2.81. The largest absolute Gasteiger partial charge is 0.389 e. The van der Waals surface area contributed by atoms with Gasteiger partial charge in [-0.15, -0.1) is 0 Å². The molecule has 1 amide bonds. The minimum Gasteiger partial charge on any atom is -0.340 e. The number of amides is 1. The molecule has 1 aliphatic rings. The molecule has 1 fully saturated rings. The number of rotatable bonds is 3. The molecule has 0 spiro atoms. The van der Waals surface area contributed by atoms with E-state index in [-0.39, 0.29) is 12.3 Å². The Kier molecular flexibility index (Phi) is 3.96. The van der Waals surface area contributed by atoms with Gasteiger partial charge >= 0.3 is 6.18 Å². The number of nitrogens with zero attached hydrogens (tertiary/aromatic N) is 1. The van der Waals surface area contributed by atoms with Crippen molar-refractivity contribution in [1.29, 1.82) is 0 Å². The molecule has 88 valence electrons. The van der Waals surface area contributed by atoms with Gasteiger partial charge in [0.25, 0.3) is 0 Å². The van der Waals surface area contributed by atoms with Crippen molar-refractivity contribution in [3.63, 3.8) is 0 Å². The Balaban J connectivity index is 2.44. The van der Waals surface area contributed by atoms with Gasteiger partial charge < -0.3 is 10.2 Å². The summed E-state index contributed by atoms with van der Waals surface area (Å²) in [6.07, 6.45) is -5.26. The molecule has 0 radical (unpaired) electrons. The maximum Gasteiger partial charge on any atom is 0.389 e. The zero-order valence-electron chi connectivity index (χ0n) is 8.60. The molecule has 0 bridgehead atoms. The highest BCUT2D eigenvalue weighted by atomic mass is 19.4. The van der Waals surface area contributed by atoms with Crippen LogP contribution in [0.5, 0.6) is 0 Å². The van der Waals surface area contributed by atoms with Crippen molar-refractivity contribution >= 4 is 5.91 Å². The van der Waals surface area contributed by atoms with E-state index in [2.05, 4.69) is 5.32 Å². The summed E-state index contributed by atoms with van der Waals surface area (Å²) in [4.78, 5) is 13.2. The Morgan fingerprint density at radius 3 is 2.73 bits per heavy atom. The molecule has 1 atom stereocenters. The van der Waals surface area contributed by atoms with Crippen molar-refractivity contribution in [2.45, 2.75) is 32.0 Å². The van der Waals surface area contributed by atoms with E-state index in [1.54, 1.807) is 4.90 Å². The summed E-state index contributed by atoms with van der Waals surface area (Å²) < 4.78 is 35.9. The summed E-state index contributed by atoms with van der Waals surface area (Å²) in [6, 6.07) is -0.666. The highest BCUT2D eigenvalue weighted by Crippen LogP contribution is 2.23. The quantitative estimate of drug-likeness (QED) is 0.780. The van der Waals surface area contributed by atoms with Crippen molar-refractivity contribution in [3.05, 3.63) is 0 Å². The van der Waals surface area contributed by atoms with E-state index in [9.17, 15) is 18.0 Å². The van der Waals surface area contributed by atoms with E-state index in [4.69, 9.17) is 0 Å². The Morgan fingerprint density at radius 1 is 1.53 bits per heavy atom. The van der Waals surface area contributed by atoms with Gasteiger partial charge in [0, 0.05) is 26.1 Å². The van der Waals surface area contributed by atoms with Crippen LogP contribution in [0.4, 0.5) is 13.2 Å². The molecule has 1 saturated heterocycles. The lowest BCUT2D eigenvalue weighted by Crippen LogP contribution is -2.55. The number of carbonyl (C=O) groups excluding carboxylic acids is 1. The highest BCUT2D eigenvalue weighted by molar-refractivity contribution is 5.82. The van der Waals surface area contributed by atoms with Crippen LogP contribution in [0, 0.1) is 0 Å². The van der Waals surface area contributed by atoms with Crippen LogP contribution in [0.15, 0.2) is 0 Å². The van der Waals surface area contributed by atoms with Crippen molar-refractivity contribution in [2.75, 3.05) is 19.6 Å². The molecule has 0 aliphatic carbocycles. The number of hydrogen-bond acceptors (Lipinski definition) is 2. The number of carbonyl (C=O) groups is 1. The molecule has 1 N–H and O–H groups in total. The van der Waals surface area contributed by atoms with Crippen LogP contribution >= 0.6 is 0 Å². The molecule has 0 aromatic carbocycles. The zero-order valence-corrected chi connectivity index (χ0v) is 8.60. The fourth-order valence-corrected chi connectivity index (χ4v) is 1.64. The number of likely N-dealkylation sites (N-methyl/N-ethyl adjacent to an activating group) is 1. The van der Waals surface area contributed by atoms with Crippen LogP contribution in [0.25, 0.3) is 0 Å². The fraction of sp³-hybridized carbons (Fsp3) is 0.889. The first-order chi connectivity index (χ1) is 6.94. The third-order valence-electron chi connectivity index (χ3n) is 2.48. The summed E-state index contributed by atoms with van der Waals surface area (Å²) in [7, 11) is 0. The Labute approximate surface area is 86.6 Å². The molecule has 0 aromatic heterocycles. The zero-order chi connectivity index (χ0) is 11.5. The van der Waals surface area contributed by atoms with E-state index in [0.717, 1.165) is 0 Å². The summed E-state index contributed by atoms with van der Waals surface area (Å²) in [6.45, 7) is 3.53. The van der Waals surface area contributed by atoms with E-state index in [1.165, 1.54) is 0 Å². The first-order valence-electron chi connectivity index (χ1n) is 5.03. The molecule has 1 unspecified atom stereocenters. The van der Waals surface area contributed by atoms with E-state index >= 15 is 0 Å². The van der Waals surface area contributed by atoms with Crippen LogP contribution in [0.1, 0.15) is 19.8 Å². The van der Waals surface area contributed by atoms with Crippen LogP contribution in [-0.2, 0) is 4.79 Å². The molecule has 15 heavy (non-hydrogen) atoms. The van der Waals surface area contributed by atoms with E-state index in [0.29, 0.717) is 19.6 Å². The predicted molar refractivity (Wildman–Crippen MR) is 49.3 cm³/mol. The van der Waals surface area contributed by atoms with Gasteiger partial charge in [0.1, 0.15) is 0 Å². The third-order valence-corrected chi connectivity index (χ3v) is 2.48. The maximum atomic E-state index is 12.0. The second kappa shape index (κ2) is 4.83. The Morgan fingerprint density at radius 2 is 2.20 bits per heavy atom. The van der Waals surface area contributed by atoms with Gasteiger partial charge in [-0.05, 0) is 13.3 Å². The van der Waals surface area contributed by atoms with Gasteiger partial charge in [0.05, 0.1) is 6.04 Å². The summed E-state index contributed by atoms with van der Waals surface area (Å²) >= 11 is 0. The number of halogens is 3. The summed E-state index contributed by atoms with van der Waals surface area (Å²) in [5.41, 5.74) is 0. The van der Waals surface area contributed by atoms with Crippen LogP contribution < -0.4 is 5.32 Å². The average Bonchev–Trinajstić information content (AvgIpc) is 2.15. The molecular formula is C9H15F3N2O. The van der Waals surface area contributed by atoms with Gasteiger partial charge in [-0.3, -0.25) is 4.79 Å². The topological polar surface area (TPSA) is 32.3 Å². The van der Waals surface area contributed by atoms with Gasteiger partial charge in [-0.25, -0.2) is 0 Å². The second-order valence-electron chi connectivity index (χ2n) is 3.58. The number of nitrogens with one attached hydrogen (secondary N) is 1. The SMILES string of the molecule is CCN1CCNC(CCC(F)(F)F)C1=O. The van der Waals surface area contributed by atoms with Gasteiger partial charge in [-0.2, -0.15) is 13.2 Å². The maximum absolute atomic E-state index is 12.0. The molecule has 0 aromatic rings. The second-order valence-corrected chi connectivity index (χ2v) is 3.58. The van der Waals surface area contributed by atoms with Crippen LogP contribution in [0.3, 0.4) is 0 Å². The normalized spacial score (nSPS) is 23.3. The van der Waals surface area contributed by atoms with Crippen LogP contribution in [-0.4, -0.2) is 42.7 Å². The van der Waals surface area contributed by atoms with Gasteiger partial charge in [0.15, 0.2) is 0 Å². The molecule has 1 heterocycles.